The van der Waals surface area contributed by atoms with Crippen LogP contribution in [-0.2, 0) is 16.6 Å². The summed E-state index contributed by atoms with van der Waals surface area (Å²) in [6, 6.07) is 9.35. The van der Waals surface area contributed by atoms with Crippen LogP contribution in [0.2, 0.25) is 0 Å². The van der Waals surface area contributed by atoms with Gasteiger partial charge in [-0.05, 0) is 32.8 Å². The third-order valence-electron chi connectivity index (χ3n) is 2.37. The first-order valence-corrected chi connectivity index (χ1v) is 7.75. The van der Waals surface area contributed by atoms with Gasteiger partial charge in [0.05, 0.1) is 0 Å². The standard InChI is InChI=1S/C13H23N3O2S/c1-13(2,3)16-19(17,18)15-12(10-14)9-11-7-5-4-6-8-11/h4-8,12,15-16H,9-10,14H2,1-3H3. The molecule has 1 rings (SSSR count). The van der Waals surface area contributed by atoms with Crippen molar-refractivity contribution >= 4 is 10.2 Å². The molecule has 0 amide bonds. The second-order valence-electron chi connectivity index (χ2n) is 5.60. The third-order valence-corrected chi connectivity index (χ3v) is 3.90. The maximum atomic E-state index is 11.9. The average molecular weight is 285 g/mol. The Kier molecular flexibility index (Phi) is 5.49. The molecule has 0 bridgehead atoms. The van der Waals surface area contributed by atoms with Crippen molar-refractivity contribution in [1.29, 1.82) is 0 Å². The molecule has 0 aliphatic heterocycles. The molecule has 5 nitrogen and oxygen atoms in total. The third kappa shape index (κ3) is 6.68. The van der Waals surface area contributed by atoms with Crippen LogP contribution in [0, 0.1) is 0 Å². The average Bonchev–Trinajstić information content (AvgIpc) is 2.25. The van der Waals surface area contributed by atoms with Crippen LogP contribution >= 0.6 is 0 Å². The van der Waals surface area contributed by atoms with Crippen LogP contribution < -0.4 is 15.2 Å². The number of rotatable bonds is 6. The van der Waals surface area contributed by atoms with E-state index in [1.54, 1.807) is 20.8 Å². The van der Waals surface area contributed by atoms with E-state index in [-0.39, 0.29) is 12.6 Å². The summed E-state index contributed by atoms with van der Waals surface area (Å²) in [5.41, 5.74) is 6.17. The van der Waals surface area contributed by atoms with Gasteiger partial charge in [0.2, 0.25) is 0 Å². The summed E-state index contributed by atoms with van der Waals surface area (Å²) in [5, 5.41) is 0. The van der Waals surface area contributed by atoms with Crippen LogP contribution in [0.15, 0.2) is 30.3 Å². The number of nitrogens with two attached hydrogens (primary N) is 1. The van der Waals surface area contributed by atoms with Gasteiger partial charge in [-0.3, -0.25) is 0 Å². The van der Waals surface area contributed by atoms with Crippen molar-refractivity contribution in [2.24, 2.45) is 5.73 Å². The molecular formula is C13H23N3O2S. The highest BCUT2D eigenvalue weighted by molar-refractivity contribution is 7.87. The first-order valence-electron chi connectivity index (χ1n) is 6.27. The molecule has 0 aliphatic rings. The normalized spacial score (nSPS) is 14.3. The summed E-state index contributed by atoms with van der Waals surface area (Å²) in [6.45, 7) is 5.63. The van der Waals surface area contributed by atoms with Gasteiger partial charge >= 0.3 is 0 Å². The SMILES string of the molecule is CC(C)(C)NS(=O)(=O)NC(CN)Cc1ccccc1. The van der Waals surface area contributed by atoms with Crippen molar-refractivity contribution in [3.63, 3.8) is 0 Å². The van der Waals surface area contributed by atoms with E-state index in [1.165, 1.54) is 0 Å². The summed E-state index contributed by atoms with van der Waals surface area (Å²) in [7, 11) is -3.55. The van der Waals surface area contributed by atoms with E-state index >= 15 is 0 Å². The Morgan fingerprint density at radius 2 is 1.79 bits per heavy atom. The van der Waals surface area contributed by atoms with E-state index in [9.17, 15) is 8.42 Å². The zero-order valence-electron chi connectivity index (χ0n) is 11.7. The molecule has 0 heterocycles. The van der Waals surface area contributed by atoms with Gasteiger partial charge in [0, 0.05) is 18.1 Å². The second kappa shape index (κ2) is 6.47. The maximum Gasteiger partial charge on any atom is 0.277 e. The summed E-state index contributed by atoms with van der Waals surface area (Å²) in [6.07, 6.45) is 0.572. The Hall–Kier alpha value is -0.950. The van der Waals surface area contributed by atoms with Gasteiger partial charge in [-0.1, -0.05) is 30.3 Å². The molecule has 108 valence electrons. The van der Waals surface area contributed by atoms with E-state index in [2.05, 4.69) is 9.44 Å². The van der Waals surface area contributed by atoms with Crippen molar-refractivity contribution in [2.45, 2.75) is 38.8 Å². The maximum absolute atomic E-state index is 11.9. The zero-order valence-corrected chi connectivity index (χ0v) is 12.5. The van der Waals surface area contributed by atoms with Gasteiger partial charge in [0.1, 0.15) is 0 Å². The molecule has 0 spiro atoms. The molecule has 6 heteroatoms. The summed E-state index contributed by atoms with van der Waals surface area (Å²) < 4.78 is 29.0. The van der Waals surface area contributed by atoms with Gasteiger partial charge in [-0.25, -0.2) is 0 Å². The number of benzene rings is 1. The molecular weight excluding hydrogens is 262 g/mol. The van der Waals surface area contributed by atoms with Crippen molar-refractivity contribution in [2.75, 3.05) is 6.54 Å². The minimum Gasteiger partial charge on any atom is -0.329 e. The van der Waals surface area contributed by atoms with Crippen LogP contribution in [0.4, 0.5) is 0 Å². The van der Waals surface area contributed by atoms with Crippen LogP contribution in [0.5, 0.6) is 0 Å². The van der Waals surface area contributed by atoms with Gasteiger partial charge in [0.25, 0.3) is 10.2 Å². The fraction of sp³-hybridized carbons (Fsp3) is 0.538. The number of hydrogen-bond acceptors (Lipinski definition) is 3. The Balaban J connectivity index is 2.67. The molecule has 0 saturated carbocycles. The minimum atomic E-state index is -3.55. The van der Waals surface area contributed by atoms with Crippen molar-refractivity contribution in [3.8, 4) is 0 Å². The molecule has 0 saturated heterocycles. The monoisotopic (exact) mass is 285 g/mol. The fourth-order valence-electron chi connectivity index (χ4n) is 1.72. The van der Waals surface area contributed by atoms with E-state index in [1.807, 2.05) is 30.3 Å². The largest absolute Gasteiger partial charge is 0.329 e. The summed E-state index contributed by atoms with van der Waals surface area (Å²) in [4.78, 5) is 0. The first kappa shape index (κ1) is 16.1. The first-order chi connectivity index (χ1) is 8.72. The highest BCUT2D eigenvalue weighted by atomic mass is 32.2. The lowest BCUT2D eigenvalue weighted by Crippen LogP contribution is -2.52. The van der Waals surface area contributed by atoms with E-state index in [0.29, 0.717) is 6.42 Å². The van der Waals surface area contributed by atoms with E-state index < -0.39 is 15.7 Å². The number of hydrogen-bond donors (Lipinski definition) is 3. The lowest BCUT2D eigenvalue weighted by molar-refractivity contribution is 0.473. The summed E-state index contributed by atoms with van der Waals surface area (Å²) >= 11 is 0. The van der Waals surface area contributed by atoms with Gasteiger partial charge in [-0.2, -0.15) is 17.9 Å². The van der Waals surface area contributed by atoms with E-state index in [4.69, 9.17) is 5.73 Å². The Bertz CT molecular complexity index is 480. The Labute approximate surface area is 115 Å². The van der Waals surface area contributed by atoms with Crippen LogP contribution in [0.1, 0.15) is 26.3 Å². The molecule has 1 unspecified atom stereocenters. The quantitative estimate of drug-likeness (QED) is 0.722. The fourth-order valence-corrected chi connectivity index (χ4v) is 3.21. The lowest BCUT2D eigenvalue weighted by atomic mass is 10.1. The van der Waals surface area contributed by atoms with Crippen molar-refractivity contribution < 1.29 is 8.42 Å². The molecule has 1 atom stereocenters. The molecule has 0 aliphatic carbocycles. The molecule has 4 N–H and O–H groups in total. The smallest absolute Gasteiger partial charge is 0.277 e. The van der Waals surface area contributed by atoms with Crippen molar-refractivity contribution in [3.05, 3.63) is 35.9 Å². The van der Waals surface area contributed by atoms with Gasteiger partial charge < -0.3 is 5.73 Å². The zero-order chi connectivity index (χ0) is 14.5. The second-order valence-corrected chi connectivity index (χ2v) is 7.04. The van der Waals surface area contributed by atoms with Gasteiger partial charge in [-0.15, -0.1) is 0 Å². The predicted molar refractivity (Wildman–Crippen MR) is 77.9 cm³/mol. The Morgan fingerprint density at radius 1 is 1.21 bits per heavy atom. The lowest BCUT2D eigenvalue weighted by Gasteiger charge is -2.23. The van der Waals surface area contributed by atoms with Crippen LogP contribution in [-0.4, -0.2) is 26.5 Å². The molecule has 1 aromatic carbocycles. The predicted octanol–water partition coefficient (Wildman–Crippen LogP) is 0.779. The van der Waals surface area contributed by atoms with Crippen molar-refractivity contribution in [1.82, 2.24) is 9.44 Å². The molecule has 19 heavy (non-hydrogen) atoms. The van der Waals surface area contributed by atoms with Gasteiger partial charge in [0.15, 0.2) is 0 Å². The topological polar surface area (TPSA) is 84.2 Å². The van der Waals surface area contributed by atoms with Crippen LogP contribution in [0.25, 0.3) is 0 Å². The molecule has 0 fully saturated rings. The highest BCUT2D eigenvalue weighted by Crippen LogP contribution is 2.05. The highest BCUT2D eigenvalue weighted by Gasteiger charge is 2.22. The van der Waals surface area contributed by atoms with E-state index in [0.717, 1.165) is 5.56 Å². The summed E-state index contributed by atoms with van der Waals surface area (Å²) in [5.74, 6) is 0. The number of nitrogens with one attached hydrogen (secondary N) is 2. The Morgan fingerprint density at radius 3 is 2.26 bits per heavy atom. The molecule has 0 aromatic heterocycles. The van der Waals surface area contributed by atoms with Crippen LogP contribution in [0.3, 0.4) is 0 Å². The molecule has 1 aromatic rings. The minimum absolute atomic E-state index is 0.250. The molecule has 0 radical (unpaired) electrons.